The molecule has 0 spiro atoms. The molecule has 0 unspecified atom stereocenters. The molecule has 2 aromatic rings. The predicted octanol–water partition coefficient (Wildman–Crippen LogP) is 1.47. The zero-order valence-corrected chi connectivity index (χ0v) is 10.4. The molecule has 0 saturated carbocycles. The minimum absolute atomic E-state index is 0.480. The summed E-state index contributed by atoms with van der Waals surface area (Å²) in [6.45, 7) is 6.39. The van der Waals surface area contributed by atoms with Gasteiger partial charge in [0, 0.05) is 0 Å². The van der Waals surface area contributed by atoms with Gasteiger partial charge in [0.05, 0.1) is 11.4 Å². The molecule has 2 heterocycles. The third kappa shape index (κ3) is 2.30. The standard InChI is InChI=1S/C11H17N5O/c1-4-5-9-11(12)14-15-16(9)6-10-13-7(2)8(3)17-10/h4-6,12H2,1-3H3. The number of oxazole rings is 1. The number of hydrogen-bond acceptors (Lipinski definition) is 5. The monoisotopic (exact) mass is 235 g/mol. The summed E-state index contributed by atoms with van der Waals surface area (Å²) < 4.78 is 7.27. The van der Waals surface area contributed by atoms with Gasteiger partial charge in [-0.1, -0.05) is 18.6 Å². The first-order valence-electron chi connectivity index (χ1n) is 5.72. The fourth-order valence-electron chi connectivity index (χ4n) is 1.70. The summed E-state index contributed by atoms with van der Waals surface area (Å²) in [6, 6.07) is 0. The van der Waals surface area contributed by atoms with Crippen LogP contribution in [-0.4, -0.2) is 20.0 Å². The van der Waals surface area contributed by atoms with Crippen LogP contribution in [0.25, 0.3) is 0 Å². The average molecular weight is 235 g/mol. The lowest BCUT2D eigenvalue weighted by Crippen LogP contribution is -2.07. The molecule has 0 atom stereocenters. The van der Waals surface area contributed by atoms with Gasteiger partial charge in [-0.15, -0.1) is 5.10 Å². The summed E-state index contributed by atoms with van der Waals surface area (Å²) in [5.74, 6) is 1.97. The first-order chi connectivity index (χ1) is 8.11. The van der Waals surface area contributed by atoms with Gasteiger partial charge in [0.2, 0.25) is 5.89 Å². The van der Waals surface area contributed by atoms with Crippen LogP contribution < -0.4 is 5.73 Å². The normalized spacial score (nSPS) is 11.0. The Morgan fingerprint density at radius 3 is 2.71 bits per heavy atom. The van der Waals surface area contributed by atoms with Gasteiger partial charge in [-0.2, -0.15) is 0 Å². The first kappa shape index (κ1) is 11.6. The van der Waals surface area contributed by atoms with Gasteiger partial charge in [0.1, 0.15) is 12.3 Å². The van der Waals surface area contributed by atoms with Crippen molar-refractivity contribution in [1.29, 1.82) is 0 Å². The fourth-order valence-corrected chi connectivity index (χ4v) is 1.70. The number of nitrogens with two attached hydrogens (primary N) is 1. The molecule has 0 aliphatic rings. The Kier molecular flexibility index (Phi) is 3.12. The summed E-state index contributed by atoms with van der Waals surface area (Å²) in [4.78, 5) is 4.32. The smallest absolute Gasteiger partial charge is 0.216 e. The van der Waals surface area contributed by atoms with Gasteiger partial charge in [-0.3, -0.25) is 0 Å². The quantitative estimate of drug-likeness (QED) is 0.867. The van der Waals surface area contributed by atoms with E-state index in [1.165, 1.54) is 0 Å². The summed E-state index contributed by atoms with van der Waals surface area (Å²) in [5, 5.41) is 7.89. The van der Waals surface area contributed by atoms with E-state index in [2.05, 4.69) is 22.2 Å². The number of nitrogens with zero attached hydrogens (tertiary/aromatic N) is 4. The number of rotatable bonds is 4. The molecule has 0 aliphatic heterocycles. The lowest BCUT2D eigenvalue weighted by atomic mass is 10.2. The molecule has 17 heavy (non-hydrogen) atoms. The Labute approximate surface area is 99.8 Å². The van der Waals surface area contributed by atoms with E-state index in [0.29, 0.717) is 18.3 Å². The Morgan fingerprint density at radius 1 is 1.35 bits per heavy atom. The Balaban J connectivity index is 2.23. The van der Waals surface area contributed by atoms with Gasteiger partial charge < -0.3 is 10.2 Å². The van der Waals surface area contributed by atoms with Crippen molar-refractivity contribution in [2.45, 2.75) is 40.2 Å². The Morgan fingerprint density at radius 2 is 2.12 bits per heavy atom. The van der Waals surface area contributed by atoms with E-state index in [0.717, 1.165) is 30.0 Å². The molecular formula is C11H17N5O. The highest BCUT2D eigenvalue weighted by atomic mass is 16.4. The van der Waals surface area contributed by atoms with Crippen molar-refractivity contribution in [3.63, 3.8) is 0 Å². The topological polar surface area (TPSA) is 82.8 Å². The van der Waals surface area contributed by atoms with Crippen molar-refractivity contribution in [3.05, 3.63) is 23.0 Å². The van der Waals surface area contributed by atoms with Crippen molar-refractivity contribution < 1.29 is 4.42 Å². The number of aryl methyl sites for hydroxylation is 2. The van der Waals surface area contributed by atoms with Crippen LogP contribution in [0.2, 0.25) is 0 Å². The third-order valence-electron chi connectivity index (χ3n) is 2.71. The maximum absolute atomic E-state index is 5.77. The number of hydrogen-bond donors (Lipinski definition) is 1. The molecule has 0 aliphatic carbocycles. The minimum Gasteiger partial charge on any atom is -0.444 e. The van der Waals surface area contributed by atoms with Crippen LogP contribution in [0.1, 0.15) is 36.4 Å². The van der Waals surface area contributed by atoms with Gasteiger partial charge >= 0.3 is 0 Å². The molecule has 2 rings (SSSR count). The largest absolute Gasteiger partial charge is 0.444 e. The van der Waals surface area contributed by atoms with Gasteiger partial charge in [0.25, 0.3) is 0 Å². The second kappa shape index (κ2) is 4.57. The van der Waals surface area contributed by atoms with Crippen molar-refractivity contribution in [2.24, 2.45) is 0 Å². The molecule has 92 valence electrons. The minimum atomic E-state index is 0.480. The van der Waals surface area contributed by atoms with Crippen molar-refractivity contribution in [3.8, 4) is 0 Å². The molecule has 0 saturated heterocycles. The molecule has 0 bridgehead atoms. The summed E-state index contributed by atoms with van der Waals surface area (Å²) in [6.07, 6.45) is 1.86. The van der Waals surface area contributed by atoms with Crippen LogP contribution in [0.4, 0.5) is 5.82 Å². The molecule has 2 N–H and O–H groups in total. The average Bonchev–Trinajstić information content (AvgIpc) is 2.76. The van der Waals surface area contributed by atoms with E-state index >= 15 is 0 Å². The summed E-state index contributed by atoms with van der Waals surface area (Å²) >= 11 is 0. The van der Waals surface area contributed by atoms with Crippen LogP contribution in [0, 0.1) is 13.8 Å². The van der Waals surface area contributed by atoms with Crippen LogP contribution in [-0.2, 0) is 13.0 Å². The number of anilines is 1. The second-order valence-corrected chi connectivity index (χ2v) is 4.08. The third-order valence-corrected chi connectivity index (χ3v) is 2.71. The van der Waals surface area contributed by atoms with E-state index in [-0.39, 0.29) is 0 Å². The maximum atomic E-state index is 5.77. The summed E-state index contributed by atoms with van der Waals surface area (Å²) in [7, 11) is 0. The molecule has 2 aromatic heterocycles. The van der Waals surface area contributed by atoms with E-state index in [1.807, 2.05) is 13.8 Å². The van der Waals surface area contributed by atoms with Crippen molar-refractivity contribution in [2.75, 3.05) is 5.73 Å². The fraction of sp³-hybridized carbons (Fsp3) is 0.545. The van der Waals surface area contributed by atoms with Gasteiger partial charge in [-0.05, 0) is 20.3 Å². The van der Waals surface area contributed by atoms with Crippen LogP contribution >= 0.6 is 0 Å². The highest BCUT2D eigenvalue weighted by Gasteiger charge is 2.12. The molecule has 0 aromatic carbocycles. The molecule has 0 fully saturated rings. The highest BCUT2D eigenvalue weighted by Crippen LogP contribution is 2.14. The number of nitrogen functional groups attached to an aromatic ring is 1. The highest BCUT2D eigenvalue weighted by molar-refractivity contribution is 5.33. The van der Waals surface area contributed by atoms with Crippen LogP contribution in [0.3, 0.4) is 0 Å². The molecule has 6 nitrogen and oxygen atoms in total. The molecule has 6 heteroatoms. The van der Waals surface area contributed by atoms with Crippen LogP contribution in [0.15, 0.2) is 4.42 Å². The van der Waals surface area contributed by atoms with E-state index in [9.17, 15) is 0 Å². The van der Waals surface area contributed by atoms with E-state index in [4.69, 9.17) is 10.2 Å². The Bertz CT molecular complexity index is 494. The number of aromatic nitrogens is 4. The van der Waals surface area contributed by atoms with Crippen LogP contribution in [0.5, 0.6) is 0 Å². The predicted molar refractivity (Wildman–Crippen MR) is 63.5 cm³/mol. The van der Waals surface area contributed by atoms with E-state index in [1.54, 1.807) is 4.68 Å². The summed E-state index contributed by atoms with van der Waals surface area (Å²) in [5.41, 5.74) is 7.62. The zero-order valence-electron chi connectivity index (χ0n) is 10.4. The Hall–Kier alpha value is -1.85. The van der Waals surface area contributed by atoms with Crippen molar-refractivity contribution >= 4 is 5.82 Å². The lowest BCUT2D eigenvalue weighted by Gasteiger charge is -2.02. The molecule has 0 radical (unpaired) electrons. The second-order valence-electron chi connectivity index (χ2n) is 4.08. The van der Waals surface area contributed by atoms with Crippen molar-refractivity contribution in [1.82, 2.24) is 20.0 Å². The lowest BCUT2D eigenvalue weighted by molar-refractivity contribution is 0.437. The zero-order chi connectivity index (χ0) is 12.4. The SMILES string of the molecule is CCCc1c(N)nnn1Cc1nc(C)c(C)o1. The van der Waals surface area contributed by atoms with Gasteiger partial charge in [-0.25, -0.2) is 9.67 Å². The van der Waals surface area contributed by atoms with Gasteiger partial charge in [0.15, 0.2) is 5.82 Å². The molecule has 0 amide bonds. The first-order valence-corrected chi connectivity index (χ1v) is 5.72. The molecular weight excluding hydrogens is 218 g/mol. The maximum Gasteiger partial charge on any atom is 0.216 e. The van der Waals surface area contributed by atoms with E-state index < -0.39 is 0 Å².